The Morgan fingerprint density at radius 2 is 1.43 bits per heavy atom. The molecule has 1 atom stereocenters. The highest BCUT2D eigenvalue weighted by molar-refractivity contribution is 7.92. The van der Waals surface area contributed by atoms with Gasteiger partial charge < -0.3 is 10.2 Å². The van der Waals surface area contributed by atoms with E-state index in [2.05, 4.69) is 5.32 Å². The summed E-state index contributed by atoms with van der Waals surface area (Å²) < 4.78 is 29.1. The Morgan fingerprint density at radius 1 is 0.875 bits per heavy atom. The highest BCUT2D eigenvalue weighted by atomic mass is 35.5. The Labute approximate surface area is 243 Å². The molecule has 2 amide bonds. The van der Waals surface area contributed by atoms with Crippen molar-refractivity contribution in [3.05, 3.63) is 94.0 Å². The van der Waals surface area contributed by atoms with Crippen LogP contribution in [0.5, 0.6) is 0 Å². The molecule has 1 N–H and O–H groups in total. The summed E-state index contributed by atoms with van der Waals surface area (Å²) in [4.78, 5) is 28.7. The van der Waals surface area contributed by atoms with Crippen molar-refractivity contribution in [3.63, 3.8) is 0 Å². The molecule has 7 nitrogen and oxygen atoms in total. The summed E-state index contributed by atoms with van der Waals surface area (Å²) in [5, 5.41) is 3.47. The molecule has 3 aromatic carbocycles. The number of aryl methyl sites for hydroxylation is 3. The van der Waals surface area contributed by atoms with Gasteiger partial charge in [-0.05, 0) is 102 Å². The normalized spacial score (nSPS) is 12.5. The molecule has 0 radical (unpaired) electrons. The molecule has 0 spiro atoms. The summed E-state index contributed by atoms with van der Waals surface area (Å²) in [7, 11) is -4.12. The Morgan fingerprint density at radius 3 is 1.95 bits per heavy atom. The number of anilines is 1. The minimum Gasteiger partial charge on any atom is -0.350 e. The number of benzene rings is 3. The molecule has 1 unspecified atom stereocenters. The van der Waals surface area contributed by atoms with Gasteiger partial charge in [-0.3, -0.25) is 13.9 Å². The molecule has 0 fully saturated rings. The molecule has 0 bridgehead atoms. The van der Waals surface area contributed by atoms with E-state index in [1.54, 1.807) is 55.5 Å². The largest absolute Gasteiger partial charge is 0.350 e. The lowest BCUT2D eigenvalue weighted by molar-refractivity contribution is -0.140. The lowest BCUT2D eigenvalue weighted by atomic mass is 10.1. The van der Waals surface area contributed by atoms with Gasteiger partial charge in [-0.2, -0.15) is 0 Å². The van der Waals surface area contributed by atoms with Gasteiger partial charge in [0.25, 0.3) is 10.0 Å². The van der Waals surface area contributed by atoms with Gasteiger partial charge in [0.1, 0.15) is 12.6 Å². The standard InChI is InChI=1S/C31H38ClN3O4S/c1-21-8-14-28(15-9-21)40(38,39)35(27-17-22(2)16-23(3)18-27)20-29(36)34(19-25-10-12-26(32)13-11-25)24(4)30(37)33-31(5,6)7/h8-18,24H,19-20H2,1-7H3,(H,33,37). The lowest BCUT2D eigenvalue weighted by Gasteiger charge is -2.33. The fraction of sp³-hybridized carbons (Fsp3) is 0.355. The molecule has 0 aliphatic rings. The molecule has 3 rings (SSSR count). The van der Waals surface area contributed by atoms with E-state index in [0.29, 0.717) is 10.7 Å². The zero-order valence-corrected chi connectivity index (χ0v) is 25.7. The number of hydrogen-bond donors (Lipinski definition) is 1. The Kier molecular flexibility index (Phi) is 9.69. The number of nitrogens with zero attached hydrogens (tertiary/aromatic N) is 2. The quantitative estimate of drug-likeness (QED) is 0.345. The molecule has 0 aliphatic carbocycles. The van der Waals surface area contributed by atoms with E-state index in [1.807, 2.05) is 47.6 Å². The SMILES string of the molecule is Cc1ccc(S(=O)(=O)N(CC(=O)N(Cc2ccc(Cl)cc2)C(C)C(=O)NC(C)(C)C)c2cc(C)cc(C)c2)cc1. The molecule has 9 heteroatoms. The number of carbonyl (C=O) groups is 2. The predicted molar refractivity (Wildman–Crippen MR) is 161 cm³/mol. The van der Waals surface area contributed by atoms with E-state index in [4.69, 9.17) is 11.6 Å². The van der Waals surface area contributed by atoms with Crippen LogP contribution in [0.3, 0.4) is 0 Å². The fourth-order valence-electron chi connectivity index (χ4n) is 4.30. The predicted octanol–water partition coefficient (Wildman–Crippen LogP) is 5.79. The van der Waals surface area contributed by atoms with Gasteiger partial charge in [0.2, 0.25) is 11.8 Å². The third-order valence-electron chi connectivity index (χ3n) is 6.31. The minimum absolute atomic E-state index is 0.0767. The monoisotopic (exact) mass is 583 g/mol. The van der Waals surface area contributed by atoms with Gasteiger partial charge in [0, 0.05) is 17.1 Å². The first-order valence-corrected chi connectivity index (χ1v) is 14.9. The van der Waals surface area contributed by atoms with Crippen LogP contribution in [0.15, 0.2) is 71.6 Å². The van der Waals surface area contributed by atoms with Crippen molar-refractivity contribution in [1.29, 1.82) is 0 Å². The summed E-state index contributed by atoms with van der Waals surface area (Å²) in [6, 6.07) is 18.1. The molecular formula is C31H38ClN3O4S. The highest BCUT2D eigenvalue weighted by Crippen LogP contribution is 2.27. The Hall–Kier alpha value is -3.36. The maximum absolute atomic E-state index is 14.0. The summed E-state index contributed by atoms with van der Waals surface area (Å²) in [6.07, 6.45) is 0. The smallest absolute Gasteiger partial charge is 0.264 e. The average Bonchev–Trinajstić information content (AvgIpc) is 2.85. The number of carbonyl (C=O) groups excluding carboxylic acids is 2. The van der Waals surface area contributed by atoms with E-state index in [1.165, 1.54) is 17.0 Å². The third kappa shape index (κ3) is 8.08. The molecule has 214 valence electrons. The van der Waals surface area contributed by atoms with E-state index < -0.39 is 34.1 Å². The van der Waals surface area contributed by atoms with Crippen LogP contribution in [0.1, 0.15) is 49.9 Å². The van der Waals surface area contributed by atoms with Gasteiger partial charge >= 0.3 is 0 Å². The van der Waals surface area contributed by atoms with Crippen LogP contribution in [0.2, 0.25) is 5.02 Å². The Balaban J connectivity index is 2.07. The van der Waals surface area contributed by atoms with Gasteiger partial charge in [-0.15, -0.1) is 0 Å². The Bertz CT molecular complexity index is 1440. The van der Waals surface area contributed by atoms with Crippen LogP contribution in [-0.4, -0.2) is 43.3 Å². The second kappa shape index (κ2) is 12.4. The van der Waals surface area contributed by atoms with E-state index >= 15 is 0 Å². The molecule has 0 saturated carbocycles. The second-order valence-corrected chi connectivity index (χ2v) is 13.5. The van der Waals surface area contributed by atoms with Crippen molar-refractivity contribution in [2.24, 2.45) is 0 Å². The number of amides is 2. The zero-order chi connectivity index (χ0) is 29.8. The van der Waals surface area contributed by atoms with Crippen molar-refractivity contribution in [1.82, 2.24) is 10.2 Å². The fourth-order valence-corrected chi connectivity index (χ4v) is 5.83. The first-order valence-electron chi connectivity index (χ1n) is 13.1. The summed E-state index contributed by atoms with van der Waals surface area (Å²) in [5.41, 5.74) is 3.27. The van der Waals surface area contributed by atoms with Gasteiger partial charge in [-0.1, -0.05) is 47.5 Å². The first-order chi connectivity index (χ1) is 18.6. The maximum atomic E-state index is 14.0. The van der Waals surface area contributed by atoms with Gasteiger partial charge in [0.05, 0.1) is 10.6 Å². The third-order valence-corrected chi connectivity index (χ3v) is 8.35. The van der Waals surface area contributed by atoms with Crippen LogP contribution < -0.4 is 9.62 Å². The number of nitrogens with one attached hydrogen (secondary N) is 1. The molecule has 0 aliphatic heterocycles. The zero-order valence-electron chi connectivity index (χ0n) is 24.2. The molecule has 0 saturated heterocycles. The number of rotatable bonds is 9. The van der Waals surface area contributed by atoms with E-state index in [-0.39, 0.29) is 17.3 Å². The van der Waals surface area contributed by atoms with Crippen molar-refractivity contribution in [2.75, 3.05) is 10.8 Å². The van der Waals surface area contributed by atoms with Crippen LogP contribution in [-0.2, 0) is 26.2 Å². The number of halogens is 1. The van der Waals surface area contributed by atoms with E-state index in [9.17, 15) is 18.0 Å². The van der Waals surface area contributed by atoms with Crippen LogP contribution >= 0.6 is 11.6 Å². The van der Waals surface area contributed by atoms with Crippen LogP contribution in [0, 0.1) is 20.8 Å². The maximum Gasteiger partial charge on any atom is 0.264 e. The topological polar surface area (TPSA) is 86.8 Å². The minimum atomic E-state index is -4.12. The molecule has 0 aromatic heterocycles. The number of hydrogen-bond acceptors (Lipinski definition) is 4. The van der Waals surface area contributed by atoms with Crippen molar-refractivity contribution < 1.29 is 18.0 Å². The summed E-state index contributed by atoms with van der Waals surface area (Å²) >= 11 is 6.06. The molecular weight excluding hydrogens is 546 g/mol. The molecule has 40 heavy (non-hydrogen) atoms. The molecule has 3 aromatic rings. The van der Waals surface area contributed by atoms with E-state index in [0.717, 1.165) is 26.6 Å². The van der Waals surface area contributed by atoms with Gasteiger partial charge in [0.15, 0.2) is 0 Å². The first kappa shape index (κ1) is 31.2. The summed E-state index contributed by atoms with van der Waals surface area (Å²) in [6.45, 7) is 12.5. The molecule has 0 heterocycles. The van der Waals surface area contributed by atoms with Crippen molar-refractivity contribution in [3.8, 4) is 0 Å². The summed E-state index contributed by atoms with van der Waals surface area (Å²) in [5.74, 6) is -0.851. The van der Waals surface area contributed by atoms with Crippen molar-refractivity contribution >= 4 is 39.1 Å². The lowest BCUT2D eigenvalue weighted by Crippen LogP contribution is -2.54. The average molecular weight is 584 g/mol. The number of sulfonamides is 1. The second-order valence-electron chi connectivity index (χ2n) is 11.2. The highest BCUT2D eigenvalue weighted by Gasteiger charge is 2.33. The van der Waals surface area contributed by atoms with Crippen LogP contribution in [0.4, 0.5) is 5.69 Å². The van der Waals surface area contributed by atoms with Gasteiger partial charge in [-0.25, -0.2) is 8.42 Å². The van der Waals surface area contributed by atoms with Crippen molar-refractivity contribution in [2.45, 2.75) is 71.5 Å². The van der Waals surface area contributed by atoms with Crippen LogP contribution in [0.25, 0.3) is 0 Å².